The fraction of sp³-hybridized carbons (Fsp3) is 0.333. The molecule has 1 fully saturated rings. The molecule has 1 aromatic carbocycles. The summed E-state index contributed by atoms with van der Waals surface area (Å²) >= 11 is 0. The number of amides is 2. The summed E-state index contributed by atoms with van der Waals surface area (Å²) in [5.41, 5.74) is 1.55. The molecule has 26 heavy (non-hydrogen) atoms. The van der Waals surface area contributed by atoms with Crippen molar-refractivity contribution < 1.29 is 19.5 Å². The van der Waals surface area contributed by atoms with Gasteiger partial charge in [0.25, 0.3) is 11.8 Å². The van der Waals surface area contributed by atoms with Gasteiger partial charge in [0, 0.05) is 37.6 Å². The number of aliphatic carboxylic acids is 1. The van der Waals surface area contributed by atoms with Crippen LogP contribution in [-0.2, 0) is 11.8 Å². The lowest BCUT2D eigenvalue weighted by Crippen LogP contribution is -2.40. The number of benzene rings is 1. The van der Waals surface area contributed by atoms with E-state index in [0.29, 0.717) is 42.7 Å². The summed E-state index contributed by atoms with van der Waals surface area (Å²) in [5, 5.41) is 15.7. The molecule has 0 spiro atoms. The Hall–Kier alpha value is -3.16. The van der Waals surface area contributed by atoms with Crippen molar-refractivity contribution in [2.75, 3.05) is 18.4 Å². The minimum atomic E-state index is -0.800. The molecule has 1 saturated heterocycles. The van der Waals surface area contributed by atoms with E-state index in [2.05, 4.69) is 10.4 Å². The Morgan fingerprint density at radius 1 is 1.12 bits per heavy atom. The van der Waals surface area contributed by atoms with Crippen LogP contribution in [0.25, 0.3) is 0 Å². The highest BCUT2D eigenvalue weighted by atomic mass is 16.4. The van der Waals surface area contributed by atoms with Crippen molar-refractivity contribution >= 4 is 23.5 Å². The number of nitrogens with zero attached hydrogens (tertiary/aromatic N) is 3. The molecular weight excluding hydrogens is 336 g/mol. The van der Waals surface area contributed by atoms with E-state index >= 15 is 0 Å². The number of anilines is 1. The summed E-state index contributed by atoms with van der Waals surface area (Å²) in [4.78, 5) is 37.3. The van der Waals surface area contributed by atoms with Crippen LogP contribution in [0.4, 0.5) is 5.69 Å². The SMILES string of the molecule is Cn1cc(C(=O)Nc2ccc(C(=O)N3CCC(C(=O)O)CC3)cc2)cn1. The molecule has 8 heteroatoms. The Morgan fingerprint density at radius 3 is 2.31 bits per heavy atom. The van der Waals surface area contributed by atoms with Crippen LogP contribution in [-0.4, -0.2) is 50.7 Å². The van der Waals surface area contributed by atoms with E-state index < -0.39 is 5.97 Å². The first-order valence-electron chi connectivity index (χ1n) is 8.36. The number of rotatable bonds is 4. The molecule has 8 nitrogen and oxygen atoms in total. The maximum Gasteiger partial charge on any atom is 0.306 e. The van der Waals surface area contributed by atoms with E-state index in [9.17, 15) is 14.4 Å². The number of carboxylic acid groups (broad SMARTS) is 1. The number of aryl methyl sites for hydroxylation is 1. The molecule has 0 saturated carbocycles. The highest BCUT2D eigenvalue weighted by Crippen LogP contribution is 2.20. The zero-order valence-electron chi connectivity index (χ0n) is 14.4. The average molecular weight is 356 g/mol. The lowest BCUT2D eigenvalue weighted by atomic mass is 9.96. The first-order valence-corrected chi connectivity index (χ1v) is 8.36. The molecule has 2 heterocycles. The van der Waals surface area contributed by atoms with Gasteiger partial charge in [-0.25, -0.2) is 0 Å². The topological polar surface area (TPSA) is 105 Å². The fourth-order valence-corrected chi connectivity index (χ4v) is 2.95. The third kappa shape index (κ3) is 3.90. The number of carboxylic acids is 1. The second-order valence-electron chi connectivity index (χ2n) is 6.34. The number of carbonyl (C=O) groups is 3. The zero-order chi connectivity index (χ0) is 18.7. The molecule has 0 radical (unpaired) electrons. The normalized spacial score (nSPS) is 14.9. The highest BCUT2D eigenvalue weighted by molar-refractivity contribution is 6.04. The first kappa shape index (κ1) is 17.7. The number of carbonyl (C=O) groups excluding carboxylic acids is 2. The molecule has 0 atom stereocenters. The van der Waals surface area contributed by atoms with Crippen LogP contribution in [0.2, 0.25) is 0 Å². The predicted molar refractivity (Wildman–Crippen MR) is 93.9 cm³/mol. The van der Waals surface area contributed by atoms with Crippen molar-refractivity contribution in [1.82, 2.24) is 14.7 Å². The van der Waals surface area contributed by atoms with Gasteiger partial charge in [0.05, 0.1) is 17.7 Å². The largest absolute Gasteiger partial charge is 0.481 e. The maximum atomic E-state index is 12.5. The number of aromatic nitrogens is 2. The van der Waals surface area contributed by atoms with Crippen molar-refractivity contribution in [3.63, 3.8) is 0 Å². The van der Waals surface area contributed by atoms with E-state index in [0.717, 1.165) is 0 Å². The van der Waals surface area contributed by atoms with E-state index in [-0.39, 0.29) is 17.7 Å². The van der Waals surface area contributed by atoms with Gasteiger partial charge in [0.15, 0.2) is 0 Å². The maximum absolute atomic E-state index is 12.5. The van der Waals surface area contributed by atoms with Crippen LogP contribution < -0.4 is 5.32 Å². The lowest BCUT2D eigenvalue weighted by molar-refractivity contribution is -0.143. The number of hydrogen-bond donors (Lipinski definition) is 2. The Morgan fingerprint density at radius 2 is 1.77 bits per heavy atom. The Labute approximate surface area is 150 Å². The molecule has 2 aromatic rings. The van der Waals surface area contributed by atoms with Gasteiger partial charge in [-0.05, 0) is 37.1 Å². The molecule has 1 aromatic heterocycles. The van der Waals surface area contributed by atoms with E-state index in [1.807, 2.05) is 0 Å². The molecule has 136 valence electrons. The van der Waals surface area contributed by atoms with Crippen molar-refractivity contribution in [1.29, 1.82) is 0 Å². The molecule has 2 amide bonds. The van der Waals surface area contributed by atoms with Crippen LogP contribution in [0.3, 0.4) is 0 Å². The second kappa shape index (κ2) is 7.38. The van der Waals surface area contributed by atoms with Gasteiger partial charge in [-0.15, -0.1) is 0 Å². The smallest absolute Gasteiger partial charge is 0.306 e. The molecule has 2 N–H and O–H groups in total. The van der Waals surface area contributed by atoms with Gasteiger partial charge >= 0.3 is 5.97 Å². The number of likely N-dealkylation sites (tertiary alicyclic amines) is 1. The zero-order valence-corrected chi connectivity index (χ0v) is 14.4. The quantitative estimate of drug-likeness (QED) is 0.866. The minimum Gasteiger partial charge on any atom is -0.481 e. The first-order chi connectivity index (χ1) is 12.4. The van der Waals surface area contributed by atoms with Crippen LogP contribution in [0.1, 0.15) is 33.6 Å². The number of piperidine rings is 1. The van der Waals surface area contributed by atoms with E-state index in [1.54, 1.807) is 47.1 Å². The van der Waals surface area contributed by atoms with Crippen LogP contribution in [0, 0.1) is 5.92 Å². The Kier molecular flexibility index (Phi) is 5.01. The lowest BCUT2D eigenvalue weighted by Gasteiger charge is -2.30. The Balaban J connectivity index is 1.59. The van der Waals surface area contributed by atoms with Crippen LogP contribution >= 0.6 is 0 Å². The summed E-state index contributed by atoms with van der Waals surface area (Å²) in [5.74, 6) is -1.57. The van der Waals surface area contributed by atoms with Gasteiger partial charge < -0.3 is 15.3 Å². The van der Waals surface area contributed by atoms with Crippen molar-refractivity contribution in [2.45, 2.75) is 12.8 Å². The molecule has 1 aliphatic rings. The van der Waals surface area contributed by atoms with Gasteiger partial charge in [-0.1, -0.05) is 0 Å². The second-order valence-corrected chi connectivity index (χ2v) is 6.34. The van der Waals surface area contributed by atoms with Gasteiger partial charge in [0.2, 0.25) is 0 Å². The molecule has 3 rings (SSSR count). The summed E-state index contributed by atoms with van der Waals surface area (Å²) in [6.45, 7) is 0.880. The van der Waals surface area contributed by atoms with E-state index in [1.165, 1.54) is 6.20 Å². The number of hydrogen-bond acceptors (Lipinski definition) is 4. The monoisotopic (exact) mass is 356 g/mol. The molecule has 0 bridgehead atoms. The van der Waals surface area contributed by atoms with Crippen molar-refractivity contribution in [3.05, 3.63) is 47.8 Å². The molecular formula is C18H20N4O4. The number of nitrogens with one attached hydrogen (secondary N) is 1. The molecule has 1 aliphatic heterocycles. The summed E-state index contributed by atoms with van der Waals surface area (Å²) < 4.78 is 1.55. The highest BCUT2D eigenvalue weighted by Gasteiger charge is 2.27. The van der Waals surface area contributed by atoms with Crippen molar-refractivity contribution in [3.8, 4) is 0 Å². The minimum absolute atomic E-state index is 0.126. The standard InChI is InChI=1S/C18H20N4O4/c1-21-11-14(10-19-21)16(23)20-15-4-2-12(3-5-15)17(24)22-8-6-13(7-9-22)18(25)26/h2-5,10-11,13H,6-9H2,1H3,(H,20,23)(H,25,26). The third-order valence-electron chi connectivity index (χ3n) is 4.49. The third-order valence-corrected chi connectivity index (χ3v) is 4.49. The average Bonchev–Trinajstić information content (AvgIpc) is 3.08. The van der Waals surface area contributed by atoms with Gasteiger partial charge in [-0.3, -0.25) is 19.1 Å². The van der Waals surface area contributed by atoms with Gasteiger partial charge in [0.1, 0.15) is 0 Å². The summed E-state index contributed by atoms with van der Waals surface area (Å²) in [6, 6.07) is 6.66. The summed E-state index contributed by atoms with van der Waals surface area (Å²) in [7, 11) is 1.73. The summed E-state index contributed by atoms with van der Waals surface area (Å²) in [6.07, 6.45) is 4.04. The van der Waals surface area contributed by atoms with E-state index in [4.69, 9.17) is 5.11 Å². The molecule has 0 aliphatic carbocycles. The van der Waals surface area contributed by atoms with Crippen molar-refractivity contribution in [2.24, 2.45) is 13.0 Å². The fourth-order valence-electron chi connectivity index (χ4n) is 2.95. The Bertz CT molecular complexity index is 820. The molecule has 0 unspecified atom stereocenters. The predicted octanol–water partition coefficient (Wildman–Crippen LogP) is 1.61. The van der Waals surface area contributed by atoms with Gasteiger partial charge in [-0.2, -0.15) is 5.10 Å². The van der Waals surface area contributed by atoms with Crippen LogP contribution in [0.5, 0.6) is 0 Å². The van der Waals surface area contributed by atoms with Crippen LogP contribution in [0.15, 0.2) is 36.7 Å².